The van der Waals surface area contributed by atoms with Crippen LogP contribution >= 0.6 is 0 Å². The molecule has 1 aliphatic heterocycles. The van der Waals surface area contributed by atoms with E-state index in [0.717, 1.165) is 12.6 Å². The van der Waals surface area contributed by atoms with Crippen LogP contribution < -0.4 is 10.6 Å². The van der Waals surface area contributed by atoms with Crippen molar-refractivity contribution in [2.45, 2.75) is 26.1 Å². The Morgan fingerprint density at radius 1 is 1.17 bits per heavy atom. The summed E-state index contributed by atoms with van der Waals surface area (Å²) < 4.78 is 38.3. The van der Waals surface area contributed by atoms with Crippen molar-refractivity contribution in [1.29, 1.82) is 0 Å². The van der Waals surface area contributed by atoms with Gasteiger partial charge in [0, 0.05) is 6.54 Å². The summed E-state index contributed by atoms with van der Waals surface area (Å²) in [5.74, 6) is 0.778. The minimum absolute atomic E-state index is 0.0121. The highest BCUT2D eigenvalue weighted by Gasteiger charge is 2.39. The number of nitrogens with two attached hydrogens (primary N) is 1. The highest BCUT2D eigenvalue weighted by molar-refractivity contribution is 5.55. The van der Waals surface area contributed by atoms with Crippen LogP contribution in [0.15, 0.2) is 18.2 Å². The standard InChI is InChI=1S/C14H15F3N6/c1-7(2)9-6-23(9)13-21-11(20-12(18)22-13)8-4-3-5-10(19-8)14(15,16)17/h3-5,7,9H,6H2,1-2H3,(H2,18,20,21,22)/t9-,23?/m0/s1. The number of rotatable bonds is 3. The van der Waals surface area contributed by atoms with Gasteiger partial charge in [0.25, 0.3) is 0 Å². The maximum Gasteiger partial charge on any atom is 0.433 e. The molecule has 0 aromatic carbocycles. The highest BCUT2D eigenvalue weighted by atomic mass is 19.4. The zero-order chi connectivity index (χ0) is 16.8. The second-order valence-electron chi connectivity index (χ2n) is 5.69. The average molecular weight is 324 g/mol. The Bertz CT molecular complexity index is 731. The van der Waals surface area contributed by atoms with E-state index in [1.165, 1.54) is 12.1 Å². The average Bonchev–Trinajstić information content (AvgIpc) is 3.26. The van der Waals surface area contributed by atoms with Gasteiger partial charge in [-0.1, -0.05) is 19.9 Å². The third-order valence-electron chi connectivity index (χ3n) is 3.59. The lowest BCUT2D eigenvalue weighted by Gasteiger charge is -2.10. The molecule has 23 heavy (non-hydrogen) atoms. The molecule has 2 aromatic heterocycles. The van der Waals surface area contributed by atoms with Gasteiger partial charge in [0.05, 0.1) is 6.04 Å². The van der Waals surface area contributed by atoms with Crippen LogP contribution in [-0.4, -0.2) is 32.5 Å². The molecule has 0 radical (unpaired) electrons. The molecule has 2 aromatic rings. The maximum atomic E-state index is 12.8. The molecule has 0 unspecified atom stereocenters. The molecule has 0 bridgehead atoms. The van der Waals surface area contributed by atoms with Gasteiger partial charge in [-0.05, 0) is 18.1 Å². The van der Waals surface area contributed by atoms with Gasteiger partial charge in [-0.15, -0.1) is 0 Å². The van der Waals surface area contributed by atoms with Crippen molar-refractivity contribution in [1.82, 2.24) is 19.9 Å². The van der Waals surface area contributed by atoms with E-state index in [4.69, 9.17) is 5.73 Å². The number of hydrogen-bond acceptors (Lipinski definition) is 6. The van der Waals surface area contributed by atoms with Gasteiger partial charge in [-0.25, -0.2) is 4.98 Å². The molecule has 2 N–H and O–H groups in total. The Morgan fingerprint density at radius 2 is 1.91 bits per heavy atom. The zero-order valence-electron chi connectivity index (χ0n) is 12.5. The lowest BCUT2D eigenvalue weighted by Crippen LogP contribution is -2.12. The van der Waals surface area contributed by atoms with E-state index in [1.807, 2.05) is 4.90 Å². The van der Waals surface area contributed by atoms with E-state index in [1.54, 1.807) is 0 Å². The summed E-state index contributed by atoms with van der Waals surface area (Å²) in [5, 5.41) is 0. The molecule has 9 heteroatoms. The van der Waals surface area contributed by atoms with Crippen LogP contribution in [0.3, 0.4) is 0 Å². The van der Waals surface area contributed by atoms with E-state index in [-0.39, 0.29) is 17.5 Å². The third-order valence-corrected chi connectivity index (χ3v) is 3.59. The van der Waals surface area contributed by atoms with Crippen LogP contribution in [0.1, 0.15) is 19.5 Å². The summed E-state index contributed by atoms with van der Waals surface area (Å²) in [7, 11) is 0. The Kier molecular flexibility index (Phi) is 3.57. The molecule has 0 aliphatic carbocycles. The molecular weight excluding hydrogens is 309 g/mol. The van der Waals surface area contributed by atoms with Crippen molar-refractivity contribution in [2.75, 3.05) is 17.2 Å². The van der Waals surface area contributed by atoms with Crippen molar-refractivity contribution in [3.63, 3.8) is 0 Å². The van der Waals surface area contributed by atoms with E-state index >= 15 is 0 Å². The Morgan fingerprint density at radius 3 is 2.52 bits per heavy atom. The first-order valence-electron chi connectivity index (χ1n) is 7.08. The molecule has 1 aliphatic rings. The largest absolute Gasteiger partial charge is 0.433 e. The minimum Gasteiger partial charge on any atom is -0.368 e. The minimum atomic E-state index is -4.53. The van der Waals surface area contributed by atoms with E-state index < -0.39 is 11.9 Å². The molecule has 1 atom stereocenters. The topological polar surface area (TPSA) is 80.6 Å². The lowest BCUT2D eigenvalue weighted by molar-refractivity contribution is -0.141. The van der Waals surface area contributed by atoms with Gasteiger partial charge in [-0.3, -0.25) is 0 Å². The van der Waals surface area contributed by atoms with Crippen LogP contribution in [-0.2, 0) is 6.18 Å². The fraction of sp³-hybridized carbons (Fsp3) is 0.429. The van der Waals surface area contributed by atoms with Crippen molar-refractivity contribution >= 4 is 11.9 Å². The number of pyridine rings is 1. The zero-order valence-corrected chi connectivity index (χ0v) is 12.5. The number of nitrogens with zero attached hydrogens (tertiary/aromatic N) is 5. The van der Waals surface area contributed by atoms with Crippen LogP contribution in [0.25, 0.3) is 11.5 Å². The Hall–Kier alpha value is -2.45. The summed E-state index contributed by atoms with van der Waals surface area (Å²) in [6.45, 7) is 4.94. The van der Waals surface area contributed by atoms with Crippen molar-refractivity contribution in [3.05, 3.63) is 23.9 Å². The monoisotopic (exact) mass is 324 g/mol. The van der Waals surface area contributed by atoms with Crippen molar-refractivity contribution in [2.24, 2.45) is 5.92 Å². The SMILES string of the molecule is CC(C)[C@@H]1CN1c1nc(N)nc(-c2cccc(C(F)(F)F)n2)n1. The molecule has 0 spiro atoms. The van der Waals surface area contributed by atoms with E-state index in [0.29, 0.717) is 17.9 Å². The lowest BCUT2D eigenvalue weighted by atomic mass is 10.1. The van der Waals surface area contributed by atoms with Crippen LogP contribution in [0, 0.1) is 5.92 Å². The first kappa shape index (κ1) is 15.4. The third kappa shape index (κ3) is 3.17. The smallest absolute Gasteiger partial charge is 0.368 e. The van der Waals surface area contributed by atoms with Gasteiger partial charge in [0.2, 0.25) is 11.9 Å². The molecular formula is C14H15F3N6. The summed E-state index contributed by atoms with van der Waals surface area (Å²) >= 11 is 0. The summed E-state index contributed by atoms with van der Waals surface area (Å²) in [6, 6.07) is 3.88. The second kappa shape index (κ2) is 5.32. The summed E-state index contributed by atoms with van der Waals surface area (Å²) in [4.78, 5) is 17.7. The highest BCUT2D eigenvalue weighted by Crippen LogP contribution is 2.32. The fourth-order valence-corrected chi connectivity index (χ4v) is 2.30. The van der Waals surface area contributed by atoms with Gasteiger partial charge < -0.3 is 10.6 Å². The predicted octanol–water partition coefficient (Wildman–Crippen LogP) is 2.38. The van der Waals surface area contributed by atoms with Gasteiger partial charge in [0.1, 0.15) is 11.4 Å². The number of aromatic nitrogens is 4. The van der Waals surface area contributed by atoms with E-state index in [2.05, 4.69) is 33.8 Å². The molecule has 1 saturated heterocycles. The Labute approximate surface area is 130 Å². The van der Waals surface area contributed by atoms with Crippen LogP contribution in [0.2, 0.25) is 0 Å². The first-order chi connectivity index (χ1) is 10.8. The molecule has 0 saturated carbocycles. The number of nitrogen functional groups attached to an aromatic ring is 1. The van der Waals surface area contributed by atoms with Crippen molar-refractivity contribution in [3.8, 4) is 11.5 Å². The van der Waals surface area contributed by atoms with Crippen molar-refractivity contribution < 1.29 is 13.2 Å². The summed E-state index contributed by atoms with van der Waals surface area (Å²) in [5.41, 5.74) is 4.68. The molecule has 0 amide bonds. The summed E-state index contributed by atoms with van der Waals surface area (Å²) in [6.07, 6.45) is -4.53. The fourth-order valence-electron chi connectivity index (χ4n) is 2.30. The number of alkyl halides is 3. The maximum absolute atomic E-state index is 12.8. The van der Waals surface area contributed by atoms with Crippen LogP contribution in [0.5, 0.6) is 0 Å². The number of anilines is 2. The normalized spacial score (nSPS) is 17.7. The molecule has 3 heterocycles. The molecule has 122 valence electrons. The molecule has 1 fully saturated rings. The Balaban J connectivity index is 1.96. The van der Waals surface area contributed by atoms with Gasteiger partial charge in [0.15, 0.2) is 5.82 Å². The second-order valence-corrected chi connectivity index (χ2v) is 5.69. The van der Waals surface area contributed by atoms with Gasteiger partial charge in [-0.2, -0.15) is 28.1 Å². The first-order valence-corrected chi connectivity index (χ1v) is 7.08. The van der Waals surface area contributed by atoms with Gasteiger partial charge >= 0.3 is 6.18 Å². The molecule has 6 nitrogen and oxygen atoms in total. The molecule has 3 rings (SSSR count). The number of halogens is 3. The van der Waals surface area contributed by atoms with Crippen LogP contribution in [0.4, 0.5) is 25.1 Å². The number of hydrogen-bond donors (Lipinski definition) is 1. The predicted molar refractivity (Wildman–Crippen MR) is 78.4 cm³/mol. The quantitative estimate of drug-likeness (QED) is 0.873. The van der Waals surface area contributed by atoms with E-state index in [9.17, 15) is 13.2 Å².